The lowest BCUT2D eigenvalue weighted by Gasteiger charge is -2.38. The van der Waals surface area contributed by atoms with Gasteiger partial charge >= 0.3 is 0 Å². The van der Waals surface area contributed by atoms with Gasteiger partial charge in [-0.15, -0.1) is 0 Å². The van der Waals surface area contributed by atoms with Gasteiger partial charge in [0.05, 0.1) is 6.04 Å². The highest BCUT2D eigenvalue weighted by atomic mass is 16.2. The maximum atomic E-state index is 13.6. The summed E-state index contributed by atoms with van der Waals surface area (Å²) < 4.78 is 2.21. The van der Waals surface area contributed by atoms with Crippen molar-refractivity contribution in [3.8, 4) is 0 Å². The molecule has 0 N–H and O–H groups in total. The maximum absolute atomic E-state index is 13.6. The van der Waals surface area contributed by atoms with Crippen molar-refractivity contribution in [1.82, 2.24) is 14.4 Å². The summed E-state index contributed by atoms with van der Waals surface area (Å²) in [5.74, 6) is -0.152. The van der Waals surface area contributed by atoms with Crippen LogP contribution in [0.3, 0.4) is 0 Å². The Kier molecular flexibility index (Phi) is 5.69. The van der Waals surface area contributed by atoms with E-state index in [1.165, 1.54) is 0 Å². The van der Waals surface area contributed by atoms with Crippen LogP contribution >= 0.6 is 0 Å². The lowest BCUT2D eigenvalue weighted by molar-refractivity contribution is -0.134. The van der Waals surface area contributed by atoms with Crippen molar-refractivity contribution in [1.29, 1.82) is 0 Å². The highest BCUT2D eigenvalue weighted by Crippen LogP contribution is 2.32. The molecule has 4 aromatic rings. The number of likely N-dealkylation sites (N-methyl/N-ethyl adjacent to an activating group) is 1. The van der Waals surface area contributed by atoms with Crippen molar-refractivity contribution in [2.24, 2.45) is 0 Å². The highest BCUT2D eigenvalue weighted by molar-refractivity contribution is 6.00. The molecule has 2 heterocycles. The van der Waals surface area contributed by atoms with Crippen LogP contribution in [0.4, 0.5) is 0 Å². The van der Waals surface area contributed by atoms with Gasteiger partial charge in [-0.1, -0.05) is 60.7 Å². The average Bonchev–Trinajstić information content (AvgIpc) is 3.35. The van der Waals surface area contributed by atoms with E-state index in [0.29, 0.717) is 18.7 Å². The van der Waals surface area contributed by atoms with Crippen molar-refractivity contribution in [2.75, 3.05) is 19.6 Å². The van der Waals surface area contributed by atoms with Gasteiger partial charge in [-0.05, 0) is 47.5 Å². The molecule has 2 amide bonds. The molecule has 0 spiro atoms. The van der Waals surface area contributed by atoms with Crippen LogP contribution < -0.4 is 0 Å². The van der Waals surface area contributed by atoms with Gasteiger partial charge in [-0.25, -0.2) is 0 Å². The van der Waals surface area contributed by atoms with E-state index in [0.717, 1.165) is 28.6 Å². The Balaban J connectivity index is 1.40. The van der Waals surface area contributed by atoms with E-state index in [2.05, 4.69) is 29.0 Å². The predicted molar refractivity (Wildman–Crippen MR) is 130 cm³/mol. The second-order valence-corrected chi connectivity index (χ2v) is 8.41. The van der Waals surface area contributed by atoms with Crippen molar-refractivity contribution in [3.05, 3.63) is 108 Å². The van der Waals surface area contributed by atoms with E-state index >= 15 is 0 Å². The van der Waals surface area contributed by atoms with E-state index in [1.807, 2.05) is 78.6 Å². The molecule has 1 aliphatic heterocycles. The van der Waals surface area contributed by atoms with Gasteiger partial charge in [-0.3, -0.25) is 9.59 Å². The van der Waals surface area contributed by atoms with Gasteiger partial charge in [0.1, 0.15) is 6.54 Å². The van der Waals surface area contributed by atoms with E-state index in [-0.39, 0.29) is 24.4 Å². The number of hydrogen-bond acceptors (Lipinski definition) is 2. The zero-order valence-electron chi connectivity index (χ0n) is 18.7. The Hall–Kier alpha value is -3.86. The summed E-state index contributed by atoms with van der Waals surface area (Å²) in [5, 5.41) is 2.11. The molecule has 5 nitrogen and oxygen atoms in total. The summed E-state index contributed by atoms with van der Waals surface area (Å²) in [6, 6.07) is 27.8. The molecule has 0 aliphatic carbocycles. The van der Waals surface area contributed by atoms with E-state index in [4.69, 9.17) is 0 Å². The minimum Gasteiger partial charge on any atom is -0.348 e. The van der Waals surface area contributed by atoms with Gasteiger partial charge in [-0.2, -0.15) is 0 Å². The molecule has 1 atom stereocenters. The average molecular weight is 438 g/mol. The predicted octanol–water partition coefficient (Wildman–Crippen LogP) is 4.74. The largest absolute Gasteiger partial charge is 0.348 e. The van der Waals surface area contributed by atoms with Crippen LogP contribution in [0.2, 0.25) is 0 Å². The van der Waals surface area contributed by atoms with Crippen molar-refractivity contribution in [2.45, 2.75) is 19.5 Å². The number of benzene rings is 3. The molecule has 1 aromatic heterocycles. The van der Waals surface area contributed by atoms with Crippen LogP contribution in [0.15, 0.2) is 91.1 Å². The fourth-order valence-electron chi connectivity index (χ4n) is 4.72. The lowest BCUT2D eigenvalue weighted by atomic mass is 10.00. The summed E-state index contributed by atoms with van der Waals surface area (Å²) in [6.07, 6.45) is 2.06. The number of amides is 2. The first-order chi connectivity index (χ1) is 16.2. The standard InChI is InChI=1S/C28H27N3O2/c1-2-29(28(33)24-15-14-21-9-6-7-12-23(21)19-24)20-26(32)31-18-17-30-16-8-13-25(30)27(31)22-10-4-3-5-11-22/h3-16,19,27H,2,17-18,20H2,1H3. The van der Waals surface area contributed by atoms with Crippen molar-refractivity contribution < 1.29 is 9.59 Å². The summed E-state index contributed by atoms with van der Waals surface area (Å²) in [6.45, 7) is 3.82. The minimum atomic E-state index is -0.156. The van der Waals surface area contributed by atoms with Gasteiger partial charge in [0.2, 0.25) is 5.91 Å². The topological polar surface area (TPSA) is 45.6 Å². The Labute approximate surface area is 193 Å². The van der Waals surface area contributed by atoms with Gasteiger partial charge in [0.25, 0.3) is 5.91 Å². The SMILES string of the molecule is CCN(CC(=O)N1CCn2cccc2C1c1ccccc1)C(=O)c1ccc2ccccc2c1. The Morgan fingerprint density at radius 1 is 0.879 bits per heavy atom. The highest BCUT2D eigenvalue weighted by Gasteiger charge is 2.33. The third-order valence-electron chi connectivity index (χ3n) is 6.47. The lowest BCUT2D eigenvalue weighted by Crippen LogP contribution is -2.48. The monoisotopic (exact) mass is 437 g/mol. The number of carbonyl (C=O) groups is 2. The molecule has 0 fully saturated rings. The smallest absolute Gasteiger partial charge is 0.254 e. The summed E-state index contributed by atoms with van der Waals surface area (Å²) in [7, 11) is 0. The Morgan fingerprint density at radius 3 is 2.42 bits per heavy atom. The van der Waals surface area contributed by atoms with Crippen LogP contribution in [0.5, 0.6) is 0 Å². The first-order valence-corrected chi connectivity index (χ1v) is 11.4. The Morgan fingerprint density at radius 2 is 1.64 bits per heavy atom. The van der Waals surface area contributed by atoms with Crippen molar-refractivity contribution >= 4 is 22.6 Å². The molecule has 1 unspecified atom stereocenters. The normalized spacial score (nSPS) is 15.3. The van der Waals surface area contributed by atoms with Crippen LogP contribution in [0, 0.1) is 0 Å². The molecule has 5 rings (SSSR count). The van der Waals surface area contributed by atoms with Crippen LogP contribution in [0.25, 0.3) is 10.8 Å². The third-order valence-corrected chi connectivity index (χ3v) is 6.47. The molecular formula is C28H27N3O2. The number of nitrogens with zero attached hydrogens (tertiary/aromatic N) is 3. The molecule has 166 valence electrons. The second kappa shape index (κ2) is 8.94. The molecule has 0 radical (unpaired) electrons. The van der Waals surface area contributed by atoms with Crippen LogP contribution in [0.1, 0.15) is 34.6 Å². The maximum Gasteiger partial charge on any atom is 0.254 e. The van der Waals surface area contributed by atoms with Crippen molar-refractivity contribution in [3.63, 3.8) is 0 Å². The van der Waals surface area contributed by atoms with E-state index < -0.39 is 0 Å². The Bertz CT molecular complexity index is 1290. The van der Waals surface area contributed by atoms with Crippen LogP contribution in [-0.4, -0.2) is 45.8 Å². The fraction of sp³-hybridized carbons (Fsp3) is 0.214. The van der Waals surface area contributed by atoms with Gasteiger partial charge < -0.3 is 14.4 Å². The molecule has 0 bridgehead atoms. The number of fused-ring (bicyclic) bond motifs is 2. The zero-order chi connectivity index (χ0) is 22.8. The number of rotatable bonds is 5. The second-order valence-electron chi connectivity index (χ2n) is 8.41. The summed E-state index contributed by atoms with van der Waals surface area (Å²) in [4.78, 5) is 30.4. The first kappa shape index (κ1) is 21.0. The fourth-order valence-corrected chi connectivity index (χ4v) is 4.72. The third kappa shape index (κ3) is 4.02. The molecule has 1 aliphatic rings. The molecule has 33 heavy (non-hydrogen) atoms. The van der Waals surface area contributed by atoms with E-state index in [1.54, 1.807) is 4.90 Å². The molecule has 0 saturated heterocycles. The van der Waals surface area contributed by atoms with Gasteiger partial charge in [0.15, 0.2) is 0 Å². The molecule has 0 saturated carbocycles. The number of carbonyl (C=O) groups excluding carboxylic acids is 2. The van der Waals surface area contributed by atoms with E-state index in [9.17, 15) is 9.59 Å². The van der Waals surface area contributed by atoms with Crippen LogP contribution in [-0.2, 0) is 11.3 Å². The molecular weight excluding hydrogens is 410 g/mol. The number of aromatic nitrogens is 1. The molecule has 3 aromatic carbocycles. The summed E-state index contributed by atoms with van der Waals surface area (Å²) in [5.41, 5.74) is 2.79. The first-order valence-electron chi connectivity index (χ1n) is 11.4. The summed E-state index contributed by atoms with van der Waals surface area (Å²) >= 11 is 0. The minimum absolute atomic E-state index is 0.0349. The van der Waals surface area contributed by atoms with Gasteiger partial charge in [0, 0.05) is 37.1 Å². The zero-order valence-corrected chi connectivity index (χ0v) is 18.7. The quantitative estimate of drug-likeness (QED) is 0.453. The molecule has 5 heteroatoms. The number of hydrogen-bond donors (Lipinski definition) is 0.